The third kappa shape index (κ3) is 7.68. The van der Waals surface area contributed by atoms with Gasteiger partial charge in [0.25, 0.3) is 0 Å². The average molecular weight is 475 g/mol. The van der Waals surface area contributed by atoms with Gasteiger partial charge in [0.2, 0.25) is 0 Å². The summed E-state index contributed by atoms with van der Waals surface area (Å²) in [5, 5.41) is 10.6. The van der Waals surface area contributed by atoms with Crippen LogP contribution in [0.3, 0.4) is 0 Å². The van der Waals surface area contributed by atoms with Crippen LogP contribution in [0.4, 0.5) is 0 Å². The van der Waals surface area contributed by atoms with E-state index in [-0.39, 0.29) is 0 Å². The predicted molar refractivity (Wildman–Crippen MR) is 166 cm³/mol. The molecule has 0 saturated carbocycles. The lowest BCUT2D eigenvalue weighted by atomic mass is 10.0. The maximum absolute atomic E-state index is 2.18. The molecular formula is C36H42. The van der Waals surface area contributed by atoms with Crippen LogP contribution in [-0.4, -0.2) is 0 Å². The van der Waals surface area contributed by atoms with E-state index in [1.165, 1.54) is 43.1 Å². The second-order valence-corrected chi connectivity index (χ2v) is 8.75. The van der Waals surface area contributed by atoms with E-state index < -0.39 is 0 Å². The SMILES string of the molecule is CC.CC.CC(C)C.c1ccc2c(c1)ccc1ccccc12.c1ccc2c(c1)ccc1ccccc12. The first-order chi connectivity index (χ1) is 17.6. The van der Waals surface area contributed by atoms with E-state index in [1.807, 2.05) is 27.7 Å². The lowest BCUT2D eigenvalue weighted by Crippen LogP contribution is -1.75. The van der Waals surface area contributed by atoms with Crippen molar-refractivity contribution in [3.05, 3.63) is 121 Å². The number of rotatable bonds is 0. The highest BCUT2D eigenvalue weighted by molar-refractivity contribution is 6.08. The van der Waals surface area contributed by atoms with E-state index in [0.29, 0.717) is 0 Å². The smallest absolute Gasteiger partial charge is 0.0105 e. The van der Waals surface area contributed by atoms with Crippen molar-refractivity contribution in [2.45, 2.75) is 48.5 Å². The fraction of sp³-hybridized carbons (Fsp3) is 0.222. The zero-order valence-electron chi connectivity index (χ0n) is 23.1. The normalized spacial score (nSPS) is 9.78. The molecule has 0 heterocycles. The van der Waals surface area contributed by atoms with Gasteiger partial charge in [-0.05, 0) is 49.0 Å². The Bertz CT molecular complexity index is 1230. The summed E-state index contributed by atoms with van der Waals surface area (Å²) in [7, 11) is 0. The van der Waals surface area contributed by atoms with Crippen LogP contribution in [0.15, 0.2) is 121 Å². The standard InChI is InChI=1S/2C14H10.C4H10.2C2H6/c2*1-3-7-13-11(5-1)9-10-12-6-2-4-8-14(12)13;1-4(2)3;2*1-2/h2*1-10H;4H,1-3H3;2*1-2H3. The molecular weight excluding hydrogens is 432 g/mol. The summed E-state index contributed by atoms with van der Waals surface area (Å²) >= 11 is 0. The summed E-state index contributed by atoms with van der Waals surface area (Å²) in [5.41, 5.74) is 0. The first kappa shape index (κ1) is 28.6. The second kappa shape index (κ2) is 15.4. The summed E-state index contributed by atoms with van der Waals surface area (Å²) < 4.78 is 0. The molecule has 6 rings (SSSR count). The van der Waals surface area contributed by atoms with E-state index in [0.717, 1.165) is 5.92 Å². The molecule has 0 atom stereocenters. The molecule has 6 aromatic rings. The summed E-state index contributed by atoms with van der Waals surface area (Å²) in [4.78, 5) is 0. The molecule has 0 N–H and O–H groups in total. The Balaban J connectivity index is 0.000000198. The lowest BCUT2D eigenvalue weighted by Gasteiger charge is -2.02. The number of fused-ring (bicyclic) bond motifs is 6. The molecule has 6 aromatic carbocycles. The molecule has 0 fully saturated rings. The Morgan fingerprint density at radius 3 is 0.667 bits per heavy atom. The highest BCUT2D eigenvalue weighted by Gasteiger charge is 1.98. The molecule has 0 aliphatic carbocycles. The molecule has 0 nitrogen and oxygen atoms in total. The van der Waals surface area contributed by atoms with Crippen LogP contribution < -0.4 is 0 Å². The number of benzene rings is 6. The van der Waals surface area contributed by atoms with Crippen molar-refractivity contribution in [2.75, 3.05) is 0 Å². The van der Waals surface area contributed by atoms with Gasteiger partial charge in [0.1, 0.15) is 0 Å². The Kier molecular flexibility index (Phi) is 12.2. The number of hydrogen-bond acceptors (Lipinski definition) is 0. The van der Waals surface area contributed by atoms with Crippen molar-refractivity contribution < 1.29 is 0 Å². The summed E-state index contributed by atoms with van der Waals surface area (Å²) in [6.07, 6.45) is 0. The maximum Gasteiger partial charge on any atom is -0.0105 e. The lowest BCUT2D eigenvalue weighted by molar-refractivity contribution is 0.737. The Morgan fingerprint density at radius 1 is 0.306 bits per heavy atom. The maximum atomic E-state index is 2.18. The van der Waals surface area contributed by atoms with Crippen LogP contribution in [0.2, 0.25) is 0 Å². The van der Waals surface area contributed by atoms with Gasteiger partial charge in [-0.15, -0.1) is 0 Å². The van der Waals surface area contributed by atoms with Gasteiger partial charge in [-0.1, -0.05) is 170 Å². The summed E-state index contributed by atoms with van der Waals surface area (Å²) in [6.45, 7) is 14.5. The summed E-state index contributed by atoms with van der Waals surface area (Å²) in [6, 6.07) is 42.7. The average Bonchev–Trinajstić information content (AvgIpc) is 2.95. The minimum atomic E-state index is 0.833. The molecule has 0 aromatic heterocycles. The molecule has 0 aliphatic heterocycles. The monoisotopic (exact) mass is 474 g/mol. The molecule has 0 saturated heterocycles. The van der Waals surface area contributed by atoms with Gasteiger partial charge in [-0.25, -0.2) is 0 Å². The molecule has 0 bridgehead atoms. The zero-order chi connectivity index (χ0) is 26.3. The number of hydrogen-bond donors (Lipinski definition) is 0. The van der Waals surface area contributed by atoms with Crippen molar-refractivity contribution in [3.63, 3.8) is 0 Å². The quantitative estimate of drug-likeness (QED) is 0.192. The van der Waals surface area contributed by atoms with Gasteiger partial charge in [-0.3, -0.25) is 0 Å². The molecule has 0 amide bonds. The van der Waals surface area contributed by atoms with E-state index >= 15 is 0 Å². The van der Waals surface area contributed by atoms with Gasteiger partial charge >= 0.3 is 0 Å². The van der Waals surface area contributed by atoms with Crippen LogP contribution in [0.25, 0.3) is 43.1 Å². The molecule has 0 heteroatoms. The van der Waals surface area contributed by atoms with Crippen molar-refractivity contribution in [1.82, 2.24) is 0 Å². The van der Waals surface area contributed by atoms with Gasteiger partial charge < -0.3 is 0 Å². The van der Waals surface area contributed by atoms with E-state index in [1.54, 1.807) is 0 Å². The molecule has 0 aliphatic rings. The Hall–Kier alpha value is -3.64. The first-order valence-corrected chi connectivity index (χ1v) is 13.4. The largest absolute Gasteiger partial charge is 0.0683 e. The van der Waals surface area contributed by atoms with Crippen LogP contribution in [0, 0.1) is 5.92 Å². The highest BCUT2D eigenvalue weighted by atomic mass is 14.0. The minimum Gasteiger partial charge on any atom is -0.0683 e. The van der Waals surface area contributed by atoms with Crippen LogP contribution in [0.5, 0.6) is 0 Å². The van der Waals surface area contributed by atoms with Gasteiger partial charge in [0.05, 0.1) is 0 Å². The minimum absolute atomic E-state index is 0.833. The van der Waals surface area contributed by atoms with Crippen LogP contribution in [0.1, 0.15) is 48.5 Å². The van der Waals surface area contributed by atoms with Crippen molar-refractivity contribution in [3.8, 4) is 0 Å². The third-order valence-electron chi connectivity index (χ3n) is 5.31. The van der Waals surface area contributed by atoms with Crippen molar-refractivity contribution in [1.29, 1.82) is 0 Å². The molecule has 0 radical (unpaired) electrons. The van der Waals surface area contributed by atoms with Crippen LogP contribution in [-0.2, 0) is 0 Å². The van der Waals surface area contributed by atoms with E-state index in [2.05, 4.69) is 142 Å². The Labute approximate surface area is 218 Å². The second-order valence-electron chi connectivity index (χ2n) is 8.75. The predicted octanol–water partition coefficient (Wildman–Crippen LogP) is 11.7. The third-order valence-corrected chi connectivity index (χ3v) is 5.31. The van der Waals surface area contributed by atoms with Crippen molar-refractivity contribution >= 4 is 43.1 Å². The van der Waals surface area contributed by atoms with Crippen molar-refractivity contribution in [2.24, 2.45) is 5.92 Å². The zero-order valence-corrected chi connectivity index (χ0v) is 23.1. The van der Waals surface area contributed by atoms with E-state index in [4.69, 9.17) is 0 Å². The van der Waals surface area contributed by atoms with E-state index in [9.17, 15) is 0 Å². The van der Waals surface area contributed by atoms with Gasteiger partial charge in [0, 0.05) is 0 Å². The topological polar surface area (TPSA) is 0 Å². The van der Waals surface area contributed by atoms with Crippen LogP contribution >= 0.6 is 0 Å². The fourth-order valence-electron chi connectivity index (χ4n) is 3.91. The molecule has 0 spiro atoms. The molecule has 36 heavy (non-hydrogen) atoms. The first-order valence-electron chi connectivity index (χ1n) is 13.4. The van der Waals surface area contributed by atoms with Gasteiger partial charge in [-0.2, -0.15) is 0 Å². The summed E-state index contributed by atoms with van der Waals surface area (Å²) in [5.74, 6) is 0.833. The highest BCUT2D eigenvalue weighted by Crippen LogP contribution is 2.25. The molecule has 0 unspecified atom stereocenters. The Morgan fingerprint density at radius 2 is 0.472 bits per heavy atom. The molecule has 186 valence electrons. The van der Waals surface area contributed by atoms with Gasteiger partial charge in [0.15, 0.2) is 0 Å². The fourth-order valence-corrected chi connectivity index (χ4v) is 3.91.